The summed E-state index contributed by atoms with van der Waals surface area (Å²) >= 11 is 5.47. The highest BCUT2D eigenvalue weighted by Gasteiger charge is 1.83. The van der Waals surface area contributed by atoms with Gasteiger partial charge in [0.1, 0.15) is 6.29 Å². The lowest BCUT2D eigenvalue weighted by atomic mass is 10.2. The minimum Gasteiger partial charge on any atom is -0.299 e. The van der Waals surface area contributed by atoms with Gasteiger partial charge in [-0.1, -0.05) is 12.5 Å². The van der Waals surface area contributed by atoms with Gasteiger partial charge in [-0.15, -0.1) is 11.6 Å². The summed E-state index contributed by atoms with van der Waals surface area (Å²) in [6.45, 7) is 0. The molecular formula is C8H13ClO. The molecule has 0 rings (SSSR count). The second-order valence-electron chi connectivity index (χ2n) is 2.10. The molecule has 0 atom stereocenters. The van der Waals surface area contributed by atoms with Crippen LogP contribution in [0.2, 0.25) is 0 Å². The Balaban J connectivity index is 2.90. The van der Waals surface area contributed by atoms with E-state index < -0.39 is 0 Å². The number of unbranched alkanes of at least 4 members (excludes halogenated alkanes) is 3. The fraction of sp³-hybridized carbons (Fsp3) is 0.625. The predicted molar refractivity (Wildman–Crippen MR) is 44.4 cm³/mol. The summed E-state index contributed by atoms with van der Waals surface area (Å²) < 4.78 is 0. The first-order valence-corrected chi connectivity index (χ1v) is 4.11. The molecule has 0 aliphatic carbocycles. The SMILES string of the molecule is O=C/C=C/CCCCCCl. The monoisotopic (exact) mass is 160 g/mol. The van der Waals surface area contributed by atoms with E-state index in [1.54, 1.807) is 6.08 Å². The van der Waals surface area contributed by atoms with Gasteiger partial charge in [-0.05, 0) is 25.3 Å². The quantitative estimate of drug-likeness (QED) is 0.253. The predicted octanol–water partition coefficient (Wildman–Crippen LogP) is 2.54. The van der Waals surface area contributed by atoms with Gasteiger partial charge in [-0.25, -0.2) is 0 Å². The van der Waals surface area contributed by atoms with E-state index in [1.807, 2.05) is 6.08 Å². The highest BCUT2D eigenvalue weighted by Crippen LogP contribution is 2.00. The number of carbonyl (C=O) groups is 1. The third-order valence-corrected chi connectivity index (χ3v) is 1.49. The van der Waals surface area contributed by atoms with Gasteiger partial charge in [0.2, 0.25) is 0 Å². The van der Waals surface area contributed by atoms with E-state index in [1.165, 1.54) is 0 Å². The third kappa shape index (κ3) is 7.70. The lowest BCUT2D eigenvalue weighted by molar-refractivity contribution is -0.104. The lowest BCUT2D eigenvalue weighted by Gasteiger charge is -1.91. The van der Waals surface area contributed by atoms with Gasteiger partial charge in [0.15, 0.2) is 0 Å². The summed E-state index contributed by atoms with van der Waals surface area (Å²) in [6.07, 6.45) is 8.61. The first-order chi connectivity index (χ1) is 4.91. The fourth-order valence-electron chi connectivity index (χ4n) is 0.685. The van der Waals surface area contributed by atoms with Crippen LogP contribution >= 0.6 is 11.6 Å². The van der Waals surface area contributed by atoms with Gasteiger partial charge >= 0.3 is 0 Å². The number of carbonyl (C=O) groups excluding carboxylic acids is 1. The summed E-state index contributed by atoms with van der Waals surface area (Å²) in [6, 6.07) is 0. The summed E-state index contributed by atoms with van der Waals surface area (Å²) in [5.41, 5.74) is 0. The van der Waals surface area contributed by atoms with Gasteiger partial charge in [0.05, 0.1) is 0 Å². The molecule has 10 heavy (non-hydrogen) atoms. The van der Waals surface area contributed by atoms with Gasteiger partial charge in [0, 0.05) is 5.88 Å². The maximum absolute atomic E-state index is 9.79. The minimum absolute atomic E-state index is 0.747. The van der Waals surface area contributed by atoms with Gasteiger partial charge in [0.25, 0.3) is 0 Å². The molecule has 0 aromatic heterocycles. The first kappa shape index (κ1) is 9.70. The molecule has 0 aromatic rings. The van der Waals surface area contributed by atoms with E-state index in [2.05, 4.69) is 0 Å². The van der Waals surface area contributed by atoms with Crippen molar-refractivity contribution in [2.24, 2.45) is 0 Å². The molecule has 2 heteroatoms. The second kappa shape index (κ2) is 8.70. The van der Waals surface area contributed by atoms with Crippen LogP contribution in [0.5, 0.6) is 0 Å². The van der Waals surface area contributed by atoms with Crippen LogP contribution in [0.4, 0.5) is 0 Å². The normalized spacial score (nSPS) is 10.5. The van der Waals surface area contributed by atoms with Crippen molar-refractivity contribution in [3.8, 4) is 0 Å². The van der Waals surface area contributed by atoms with Gasteiger partial charge < -0.3 is 0 Å². The summed E-state index contributed by atoms with van der Waals surface area (Å²) in [5.74, 6) is 0.747. The molecular weight excluding hydrogens is 148 g/mol. The molecule has 0 radical (unpaired) electrons. The van der Waals surface area contributed by atoms with Crippen LogP contribution in [0.25, 0.3) is 0 Å². The number of allylic oxidation sites excluding steroid dienone is 2. The van der Waals surface area contributed by atoms with Crippen LogP contribution in [0.1, 0.15) is 25.7 Å². The second-order valence-corrected chi connectivity index (χ2v) is 2.48. The number of aldehydes is 1. The van der Waals surface area contributed by atoms with E-state index >= 15 is 0 Å². The van der Waals surface area contributed by atoms with E-state index in [9.17, 15) is 4.79 Å². The smallest absolute Gasteiger partial charge is 0.142 e. The van der Waals surface area contributed by atoms with Crippen molar-refractivity contribution < 1.29 is 4.79 Å². The molecule has 58 valence electrons. The maximum atomic E-state index is 9.79. The average Bonchev–Trinajstić information content (AvgIpc) is 1.97. The molecule has 0 spiro atoms. The lowest BCUT2D eigenvalue weighted by Crippen LogP contribution is -1.76. The Morgan fingerprint density at radius 3 is 2.60 bits per heavy atom. The van der Waals surface area contributed by atoms with Crippen LogP contribution in [0.3, 0.4) is 0 Å². The zero-order valence-electron chi connectivity index (χ0n) is 6.05. The van der Waals surface area contributed by atoms with E-state index in [4.69, 9.17) is 11.6 Å². The largest absolute Gasteiger partial charge is 0.299 e. The average molecular weight is 161 g/mol. The summed E-state index contributed by atoms with van der Waals surface area (Å²) in [7, 11) is 0. The van der Waals surface area contributed by atoms with Crippen LogP contribution in [-0.4, -0.2) is 12.2 Å². The molecule has 0 saturated heterocycles. The Kier molecular flexibility index (Phi) is 8.44. The van der Waals surface area contributed by atoms with Crippen molar-refractivity contribution in [3.05, 3.63) is 12.2 Å². The molecule has 0 saturated carbocycles. The standard InChI is InChI=1S/C8H13ClO/c9-7-5-3-1-2-4-6-8-10/h4,6,8H,1-3,5,7H2/b6-4+. The van der Waals surface area contributed by atoms with Crippen LogP contribution in [0, 0.1) is 0 Å². The molecule has 0 aliphatic heterocycles. The van der Waals surface area contributed by atoms with E-state index in [-0.39, 0.29) is 0 Å². The Morgan fingerprint density at radius 1 is 1.20 bits per heavy atom. The van der Waals surface area contributed by atoms with Crippen LogP contribution in [0.15, 0.2) is 12.2 Å². The Labute approximate surface area is 67.1 Å². The van der Waals surface area contributed by atoms with Gasteiger partial charge in [-0.3, -0.25) is 4.79 Å². The number of halogens is 1. The Morgan fingerprint density at radius 2 is 2.00 bits per heavy atom. The number of hydrogen-bond donors (Lipinski definition) is 0. The molecule has 0 unspecified atom stereocenters. The van der Waals surface area contributed by atoms with E-state index in [0.29, 0.717) is 0 Å². The molecule has 0 aliphatic rings. The van der Waals surface area contributed by atoms with Crippen LogP contribution in [-0.2, 0) is 4.79 Å². The zero-order chi connectivity index (χ0) is 7.66. The van der Waals surface area contributed by atoms with E-state index in [0.717, 1.165) is 37.8 Å². The highest BCUT2D eigenvalue weighted by atomic mass is 35.5. The molecule has 0 amide bonds. The molecule has 0 fully saturated rings. The first-order valence-electron chi connectivity index (χ1n) is 3.58. The van der Waals surface area contributed by atoms with Crippen molar-refractivity contribution in [3.63, 3.8) is 0 Å². The van der Waals surface area contributed by atoms with Crippen molar-refractivity contribution in [1.82, 2.24) is 0 Å². The zero-order valence-corrected chi connectivity index (χ0v) is 6.81. The molecule has 0 heterocycles. The van der Waals surface area contributed by atoms with Crippen molar-refractivity contribution in [2.45, 2.75) is 25.7 Å². The fourth-order valence-corrected chi connectivity index (χ4v) is 0.874. The Bertz CT molecular complexity index is 99.4. The summed E-state index contributed by atoms with van der Waals surface area (Å²) in [4.78, 5) is 9.79. The van der Waals surface area contributed by atoms with Crippen molar-refractivity contribution in [1.29, 1.82) is 0 Å². The maximum Gasteiger partial charge on any atom is 0.142 e. The summed E-state index contributed by atoms with van der Waals surface area (Å²) in [5, 5.41) is 0. The van der Waals surface area contributed by atoms with Crippen molar-refractivity contribution >= 4 is 17.9 Å². The minimum atomic E-state index is 0.747. The van der Waals surface area contributed by atoms with Crippen LogP contribution < -0.4 is 0 Å². The molecule has 0 bridgehead atoms. The number of hydrogen-bond acceptors (Lipinski definition) is 1. The third-order valence-electron chi connectivity index (χ3n) is 1.22. The molecule has 1 nitrogen and oxygen atoms in total. The highest BCUT2D eigenvalue weighted by molar-refractivity contribution is 6.17. The number of alkyl halides is 1. The number of rotatable bonds is 6. The topological polar surface area (TPSA) is 17.1 Å². The van der Waals surface area contributed by atoms with Crippen molar-refractivity contribution in [2.75, 3.05) is 5.88 Å². The molecule has 0 aromatic carbocycles. The Hall–Kier alpha value is -0.300. The van der Waals surface area contributed by atoms with Gasteiger partial charge in [-0.2, -0.15) is 0 Å². The molecule has 0 N–H and O–H groups in total.